The highest BCUT2D eigenvalue weighted by atomic mass is 35.5. The van der Waals surface area contributed by atoms with E-state index in [0.717, 1.165) is 38.8 Å². The maximum atomic E-state index is 11.0. The fraction of sp³-hybridized carbons (Fsp3) is 0.769. The van der Waals surface area contributed by atoms with Crippen LogP contribution in [0.15, 0.2) is 12.7 Å². The molecule has 1 heterocycles. The van der Waals surface area contributed by atoms with Crippen molar-refractivity contribution in [3.8, 4) is 0 Å². The van der Waals surface area contributed by atoms with Crippen molar-refractivity contribution in [2.24, 2.45) is 5.84 Å². The third-order valence-electron chi connectivity index (χ3n) is 3.04. The van der Waals surface area contributed by atoms with Crippen LogP contribution in [-0.4, -0.2) is 42.9 Å². The average Bonchev–Trinajstić information content (AvgIpc) is 2.34. The smallest absolute Gasteiger partial charge is 0.330 e. The van der Waals surface area contributed by atoms with Crippen LogP contribution >= 0.6 is 12.4 Å². The summed E-state index contributed by atoms with van der Waals surface area (Å²) in [6, 6.07) is 0. The van der Waals surface area contributed by atoms with Crippen LogP contribution in [-0.2, 0) is 14.3 Å². The minimum atomic E-state index is -0.350. The van der Waals surface area contributed by atoms with Crippen molar-refractivity contribution in [1.29, 1.82) is 0 Å². The van der Waals surface area contributed by atoms with E-state index in [1.165, 1.54) is 6.08 Å². The van der Waals surface area contributed by atoms with E-state index >= 15 is 0 Å². The van der Waals surface area contributed by atoms with Crippen molar-refractivity contribution in [2.45, 2.75) is 44.8 Å². The molecule has 6 heteroatoms. The van der Waals surface area contributed by atoms with Crippen molar-refractivity contribution in [3.05, 3.63) is 12.7 Å². The first-order valence-corrected chi connectivity index (χ1v) is 6.56. The number of unbranched alkanes of at least 4 members (excludes halogenated alkanes) is 1. The van der Waals surface area contributed by atoms with Crippen LogP contribution in [0.25, 0.3) is 0 Å². The molecule has 0 saturated carbocycles. The van der Waals surface area contributed by atoms with Gasteiger partial charge in [-0.2, -0.15) is 0 Å². The maximum Gasteiger partial charge on any atom is 0.330 e. The van der Waals surface area contributed by atoms with E-state index in [1.807, 2.05) is 11.9 Å². The first kappa shape index (κ1) is 18.4. The van der Waals surface area contributed by atoms with E-state index in [9.17, 15) is 4.79 Å². The van der Waals surface area contributed by atoms with E-state index in [-0.39, 0.29) is 30.6 Å². The van der Waals surface area contributed by atoms with E-state index in [4.69, 9.17) is 15.3 Å². The minimum Gasteiger partial charge on any atom is -0.460 e. The third-order valence-corrected chi connectivity index (χ3v) is 3.04. The van der Waals surface area contributed by atoms with Gasteiger partial charge in [-0.1, -0.05) is 13.0 Å². The lowest BCUT2D eigenvalue weighted by Crippen LogP contribution is -2.46. The Balaban J connectivity index is 0.00000324. The van der Waals surface area contributed by atoms with Crippen molar-refractivity contribution >= 4 is 18.4 Å². The zero-order valence-corrected chi connectivity index (χ0v) is 12.4. The number of rotatable bonds is 7. The number of ether oxygens (including phenoxy) is 2. The lowest BCUT2D eigenvalue weighted by atomic mass is 10.1. The van der Waals surface area contributed by atoms with Crippen molar-refractivity contribution < 1.29 is 14.3 Å². The summed E-state index contributed by atoms with van der Waals surface area (Å²) in [6.45, 7) is 7.61. The summed E-state index contributed by atoms with van der Waals surface area (Å²) in [5.41, 5.74) is 0. The number of halogens is 1. The summed E-state index contributed by atoms with van der Waals surface area (Å²) in [4.78, 5) is 11.0. The molecule has 5 nitrogen and oxygen atoms in total. The molecule has 0 amide bonds. The molecule has 1 aliphatic rings. The van der Waals surface area contributed by atoms with Crippen molar-refractivity contribution in [2.75, 3.05) is 19.7 Å². The van der Waals surface area contributed by atoms with Gasteiger partial charge in [0.1, 0.15) is 0 Å². The molecule has 1 aliphatic heterocycles. The highest BCUT2D eigenvalue weighted by Gasteiger charge is 2.17. The highest BCUT2D eigenvalue weighted by Crippen LogP contribution is 2.12. The predicted octanol–water partition coefficient (Wildman–Crippen LogP) is 1.66. The van der Waals surface area contributed by atoms with Crippen LogP contribution in [0.2, 0.25) is 0 Å². The first-order valence-electron chi connectivity index (χ1n) is 6.56. The standard InChI is InChI=1S/C13H24N2O3.ClH/c1-3-13(16)18-11(2)6-4-5-7-12-10-15(14)8-9-17-12;/h3,11-12H,1,4-10,14H2,2H3;1H. The Labute approximate surface area is 121 Å². The zero-order chi connectivity index (χ0) is 13.4. The van der Waals surface area contributed by atoms with Crippen LogP contribution in [0.1, 0.15) is 32.6 Å². The molecule has 0 radical (unpaired) electrons. The molecule has 112 valence electrons. The summed E-state index contributed by atoms with van der Waals surface area (Å²) in [6.07, 6.45) is 5.37. The molecule has 0 aliphatic carbocycles. The van der Waals surface area contributed by atoms with Crippen LogP contribution in [0, 0.1) is 0 Å². The van der Waals surface area contributed by atoms with Gasteiger partial charge < -0.3 is 9.47 Å². The number of hydrazine groups is 1. The molecule has 19 heavy (non-hydrogen) atoms. The number of hydrogen-bond acceptors (Lipinski definition) is 5. The Bertz CT molecular complexity index is 277. The fourth-order valence-electron chi connectivity index (χ4n) is 2.03. The second kappa shape index (κ2) is 10.2. The van der Waals surface area contributed by atoms with Crippen LogP contribution in [0.4, 0.5) is 0 Å². The third kappa shape index (κ3) is 8.21. The first-order chi connectivity index (χ1) is 8.61. The average molecular weight is 293 g/mol. The number of esters is 1. The van der Waals surface area contributed by atoms with Crippen LogP contribution in [0.5, 0.6) is 0 Å². The minimum absolute atomic E-state index is 0. The summed E-state index contributed by atoms with van der Waals surface area (Å²) >= 11 is 0. The fourth-order valence-corrected chi connectivity index (χ4v) is 2.03. The normalized spacial score (nSPS) is 21.3. The van der Waals surface area contributed by atoms with Gasteiger partial charge in [0.25, 0.3) is 0 Å². The van der Waals surface area contributed by atoms with Gasteiger partial charge >= 0.3 is 5.97 Å². The zero-order valence-electron chi connectivity index (χ0n) is 11.5. The molecule has 0 aromatic heterocycles. The molecule has 1 rings (SSSR count). The molecule has 1 fully saturated rings. The molecule has 2 unspecified atom stereocenters. The van der Waals surface area contributed by atoms with E-state index < -0.39 is 0 Å². The van der Waals surface area contributed by atoms with Crippen molar-refractivity contribution in [3.63, 3.8) is 0 Å². The quantitative estimate of drug-likeness (QED) is 0.335. The Morgan fingerprint density at radius 3 is 3.00 bits per heavy atom. The number of hydrogen-bond donors (Lipinski definition) is 1. The maximum absolute atomic E-state index is 11.0. The summed E-state index contributed by atoms with van der Waals surface area (Å²) in [5.74, 6) is 5.38. The highest BCUT2D eigenvalue weighted by molar-refractivity contribution is 5.85. The predicted molar refractivity (Wildman–Crippen MR) is 77.0 cm³/mol. The van der Waals surface area contributed by atoms with Gasteiger partial charge in [0.05, 0.1) is 18.8 Å². The van der Waals surface area contributed by atoms with Gasteiger partial charge in [-0.25, -0.2) is 9.80 Å². The number of carbonyl (C=O) groups is 1. The second-order valence-electron chi connectivity index (χ2n) is 4.72. The Morgan fingerprint density at radius 2 is 2.37 bits per heavy atom. The summed E-state index contributed by atoms with van der Waals surface area (Å²) < 4.78 is 10.7. The summed E-state index contributed by atoms with van der Waals surface area (Å²) in [7, 11) is 0. The molecule has 2 atom stereocenters. The Hall–Kier alpha value is -0.620. The van der Waals surface area contributed by atoms with Gasteiger partial charge in [-0.05, 0) is 26.2 Å². The molecule has 0 spiro atoms. The van der Waals surface area contributed by atoms with E-state index in [1.54, 1.807) is 0 Å². The van der Waals surface area contributed by atoms with Gasteiger partial charge in [0, 0.05) is 19.2 Å². The lowest BCUT2D eigenvalue weighted by Gasteiger charge is -2.29. The van der Waals surface area contributed by atoms with Crippen LogP contribution < -0.4 is 5.84 Å². The van der Waals surface area contributed by atoms with Crippen molar-refractivity contribution in [1.82, 2.24) is 5.01 Å². The monoisotopic (exact) mass is 292 g/mol. The Kier molecular flexibility index (Phi) is 9.87. The van der Waals surface area contributed by atoms with E-state index in [0.29, 0.717) is 6.61 Å². The topological polar surface area (TPSA) is 64.8 Å². The SMILES string of the molecule is C=CC(=O)OC(C)CCCCC1CN(N)CCO1.Cl. The number of carbonyl (C=O) groups excluding carboxylic acids is 1. The number of nitrogens with zero attached hydrogens (tertiary/aromatic N) is 1. The second-order valence-corrected chi connectivity index (χ2v) is 4.72. The van der Waals surface area contributed by atoms with Gasteiger partial charge in [-0.15, -0.1) is 12.4 Å². The largest absolute Gasteiger partial charge is 0.460 e. The van der Waals surface area contributed by atoms with Crippen LogP contribution in [0.3, 0.4) is 0 Å². The van der Waals surface area contributed by atoms with Gasteiger partial charge in [0.15, 0.2) is 0 Å². The lowest BCUT2D eigenvalue weighted by molar-refractivity contribution is -0.142. The number of morpholine rings is 1. The molecule has 0 aromatic rings. The molecule has 1 saturated heterocycles. The molecular weight excluding hydrogens is 268 g/mol. The molecular formula is C13H25ClN2O3. The summed E-state index contributed by atoms with van der Waals surface area (Å²) in [5, 5.41) is 1.81. The van der Waals surface area contributed by atoms with E-state index in [2.05, 4.69) is 6.58 Å². The molecule has 0 aromatic carbocycles. The van der Waals surface area contributed by atoms with Gasteiger partial charge in [0.2, 0.25) is 0 Å². The molecule has 0 bridgehead atoms. The van der Waals surface area contributed by atoms with Gasteiger partial charge in [-0.3, -0.25) is 5.84 Å². The molecule has 2 N–H and O–H groups in total. The Morgan fingerprint density at radius 1 is 1.63 bits per heavy atom. The number of nitrogens with two attached hydrogens (primary N) is 1.